The predicted molar refractivity (Wildman–Crippen MR) is 58.1 cm³/mol. The second kappa shape index (κ2) is 2.92. The largest absolute Gasteiger partial charge is 0.298 e. The van der Waals surface area contributed by atoms with Crippen molar-refractivity contribution in [2.45, 2.75) is 18.8 Å². The maximum absolute atomic E-state index is 11.0. The van der Waals surface area contributed by atoms with E-state index in [1.165, 1.54) is 18.5 Å². The van der Waals surface area contributed by atoms with Gasteiger partial charge >= 0.3 is 0 Å². The first-order valence-corrected chi connectivity index (χ1v) is 5.22. The Labute approximate surface area is 87.7 Å². The first kappa shape index (κ1) is 8.65. The van der Waals surface area contributed by atoms with E-state index in [1.807, 2.05) is 29.9 Å². The summed E-state index contributed by atoms with van der Waals surface area (Å²) in [7, 11) is 1.96. The van der Waals surface area contributed by atoms with Gasteiger partial charge in [-0.15, -0.1) is 0 Å². The summed E-state index contributed by atoms with van der Waals surface area (Å²) in [5, 5.41) is 5.49. The molecule has 1 aliphatic carbocycles. The van der Waals surface area contributed by atoms with E-state index in [9.17, 15) is 4.79 Å². The summed E-state index contributed by atoms with van der Waals surface area (Å²) < 4.78 is 1.93. The zero-order valence-corrected chi connectivity index (χ0v) is 8.60. The van der Waals surface area contributed by atoms with Gasteiger partial charge in [0, 0.05) is 29.6 Å². The van der Waals surface area contributed by atoms with Crippen LogP contribution in [-0.4, -0.2) is 16.1 Å². The van der Waals surface area contributed by atoms with Crippen LogP contribution in [0.2, 0.25) is 0 Å². The van der Waals surface area contributed by atoms with E-state index in [1.54, 1.807) is 0 Å². The summed E-state index contributed by atoms with van der Waals surface area (Å²) >= 11 is 0. The molecule has 0 aliphatic heterocycles. The minimum absolute atomic E-state index is 0.612. The Morgan fingerprint density at radius 1 is 1.47 bits per heavy atom. The number of fused-ring (bicyclic) bond motifs is 1. The zero-order chi connectivity index (χ0) is 10.4. The highest BCUT2D eigenvalue weighted by molar-refractivity contribution is 5.98. The Kier molecular flexibility index (Phi) is 1.69. The Morgan fingerprint density at radius 3 is 2.93 bits per heavy atom. The average molecular weight is 200 g/mol. The highest BCUT2D eigenvalue weighted by Crippen LogP contribution is 2.43. The lowest BCUT2D eigenvalue weighted by molar-refractivity contribution is 0.112. The van der Waals surface area contributed by atoms with Crippen LogP contribution in [0.3, 0.4) is 0 Å². The van der Waals surface area contributed by atoms with Crippen LogP contribution in [0.1, 0.15) is 34.8 Å². The van der Waals surface area contributed by atoms with Gasteiger partial charge in [0.15, 0.2) is 6.29 Å². The van der Waals surface area contributed by atoms with E-state index in [4.69, 9.17) is 0 Å². The molecule has 0 atom stereocenters. The normalized spacial score (nSPS) is 15.8. The van der Waals surface area contributed by atoms with Crippen molar-refractivity contribution in [1.29, 1.82) is 0 Å². The predicted octanol–water partition coefficient (Wildman–Crippen LogP) is 2.26. The highest BCUT2D eigenvalue weighted by atomic mass is 16.1. The Balaban J connectivity index is 2.39. The second-order valence-corrected chi connectivity index (χ2v) is 4.14. The van der Waals surface area contributed by atoms with E-state index in [2.05, 4.69) is 5.10 Å². The Morgan fingerprint density at radius 2 is 2.27 bits per heavy atom. The van der Waals surface area contributed by atoms with E-state index < -0.39 is 0 Å². The summed E-state index contributed by atoms with van der Waals surface area (Å²) in [5.41, 5.74) is 2.93. The van der Waals surface area contributed by atoms with Gasteiger partial charge in [0.05, 0.1) is 5.52 Å². The fourth-order valence-corrected chi connectivity index (χ4v) is 2.22. The van der Waals surface area contributed by atoms with Crippen LogP contribution in [0.4, 0.5) is 0 Å². The summed E-state index contributed by atoms with van der Waals surface area (Å²) in [4.78, 5) is 11.0. The van der Waals surface area contributed by atoms with E-state index in [-0.39, 0.29) is 0 Å². The number of aromatic nitrogens is 2. The van der Waals surface area contributed by atoms with Crippen LogP contribution in [0.15, 0.2) is 18.2 Å². The molecule has 1 saturated carbocycles. The molecular weight excluding hydrogens is 188 g/mol. The molecule has 0 radical (unpaired) electrons. The van der Waals surface area contributed by atoms with Crippen LogP contribution >= 0.6 is 0 Å². The zero-order valence-electron chi connectivity index (χ0n) is 8.60. The van der Waals surface area contributed by atoms with E-state index in [0.29, 0.717) is 5.92 Å². The molecule has 1 aromatic heterocycles. The van der Waals surface area contributed by atoms with Crippen LogP contribution in [0.25, 0.3) is 10.9 Å². The topological polar surface area (TPSA) is 34.9 Å². The highest BCUT2D eigenvalue weighted by Gasteiger charge is 2.29. The van der Waals surface area contributed by atoms with Crippen molar-refractivity contribution in [2.24, 2.45) is 7.05 Å². The third kappa shape index (κ3) is 1.19. The standard InChI is InChI=1S/C12H12N2O/c1-14-12(8-5-6-8)11-9(7-15)3-2-4-10(11)13-14/h2-4,7-8H,5-6H2,1H3. The van der Waals surface area contributed by atoms with Gasteiger partial charge in [0.2, 0.25) is 0 Å². The SMILES string of the molecule is Cn1nc2cccc(C=O)c2c1C1CC1. The molecule has 1 aliphatic rings. The molecule has 0 spiro atoms. The van der Waals surface area contributed by atoms with Crippen molar-refractivity contribution in [1.82, 2.24) is 9.78 Å². The molecule has 0 unspecified atom stereocenters. The van der Waals surface area contributed by atoms with Crippen molar-refractivity contribution >= 4 is 17.2 Å². The fraction of sp³-hybridized carbons (Fsp3) is 0.333. The van der Waals surface area contributed by atoms with Crippen LogP contribution in [0.5, 0.6) is 0 Å². The molecule has 1 heterocycles. The van der Waals surface area contributed by atoms with E-state index in [0.717, 1.165) is 22.8 Å². The summed E-state index contributed by atoms with van der Waals surface area (Å²) in [6.45, 7) is 0. The van der Waals surface area contributed by atoms with Gasteiger partial charge < -0.3 is 0 Å². The van der Waals surface area contributed by atoms with Gasteiger partial charge in [0.25, 0.3) is 0 Å². The lowest BCUT2D eigenvalue weighted by Crippen LogP contribution is -1.96. The van der Waals surface area contributed by atoms with Crippen molar-refractivity contribution < 1.29 is 4.79 Å². The molecule has 76 valence electrons. The van der Waals surface area contributed by atoms with Crippen molar-refractivity contribution in [2.75, 3.05) is 0 Å². The van der Waals surface area contributed by atoms with Gasteiger partial charge in [-0.1, -0.05) is 12.1 Å². The molecule has 2 aromatic rings. The lowest BCUT2D eigenvalue weighted by Gasteiger charge is -2.00. The third-order valence-corrected chi connectivity index (χ3v) is 3.03. The third-order valence-electron chi connectivity index (χ3n) is 3.03. The molecule has 0 saturated heterocycles. The monoisotopic (exact) mass is 200 g/mol. The summed E-state index contributed by atoms with van der Waals surface area (Å²) in [6, 6.07) is 5.72. The molecule has 0 N–H and O–H groups in total. The van der Waals surface area contributed by atoms with Crippen LogP contribution < -0.4 is 0 Å². The molecular formula is C12H12N2O. The number of rotatable bonds is 2. The number of nitrogens with zero attached hydrogens (tertiary/aromatic N) is 2. The number of aldehydes is 1. The summed E-state index contributed by atoms with van der Waals surface area (Å²) in [5.74, 6) is 0.612. The van der Waals surface area contributed by atoms with Crippen molar-refractivity contribution in [3.63, 3.8) is 0 Å². The smallest absolute Gasteiger partial charge is 0.150 e. The fourth-order valence-electron chi connectivity index (χ4n) is 2.22. The molecule has 3 rings (SSSR count). The van der Waals surface area contributed by atoms with E-state index >= 15 is 0 Å². The van der Waals surface area contributed by atoms with Crippen LogP contribution in [0, 0.1) is 0 Å². The van der Waals surface area contributed by atoms with Gasteiger partial charge in [-0.05, 0) is 18.9 Å². The van der Waals surface area contributed by atoms with Crippen molar-refractivity contribution in [3.05, 3.63) is 29.5 Å². The number of carbonyl (C=O) groups is 1. The average Bonchev–Trinajstić information content (AvgIpc) is 3.00. The van der Waals surface area contributed by atoms with Crippen LogP contribution in [-0.2, 0) is 7.05 Å². The maximum Gasteiger partial charge on any atom is 0.150 e. The quantitative estimate of drug-likeness (QED) is 0.697. The lowest BCUT2D eigenvalue weighted by atomic mass is 10.1. The molecule has 0 bridgehead atoms. The Hall–Kier alpha value is -1.64. The number of benzene rings is 1. The molecule has 1 aromatic carbocycles. The van der Waals surface area contributed by atoms with Gasteiger partial charge in [-0.2, -0.15) is 5.10 Å². The number of aryl methyl sites for hydroxylation is 1. The second-order valence-electron chi connectivity index (χ2n) is 4.14. The molecule has 1 fully saturated rings. The number of carbonyl (C=O) groups excluding carboxylic acids is 1. The first-order chi connectivity index (χ1) is 7.31. The molecule has 15 heavy (non-hydrogen) atoms. The van der Waals surface area contributed by atoms with Gasteiger partial charge in [-0.3, -0.25) is 9.48 Å². The molecule has 3 heteroatoms. The maximum atomic E-state index is 11.0. The molecule has 3 nitrogen and oxygen atoms in total. The Bertz CT molecular complexity index is 538. The summed E-state index contributed by atoms with van der Waals surface area (Å²) in [6.07, 6.45) is 3.37. The number of hydrogen-bond acceptors (Lipinski definition) is 2. The van der Waals surface area contributed by atoms with Gasteiger partial charge in [-0.25, -0.2) is 0 Å². The minimum Gasteiger partial charge on any atom is -0.298 e. The first-order valence-electron chi connectivity index (χ1n) is 5.22. The van der Waals surface area contributed by atoms with Crippen molar-refractivity contribution in [3.8, 4) is 0 Å². The van der Waals surface area contributed by atoms with Gasteiger partial charge in [0.1, 0.15) is 0 Å². The molecule has 0 amide bonds. The minimum atomic E-state index is 0.612. The number of hydrogen-bond donors (Lipinski definition) is 0.